The summed E-state index contributed by atoms with van der Waals surface area (Å²) in [4.78, 5) is 40.7. The Hall–Kier alpha value is -2.31. The van der Waals surface area contributed by atoms with Crippen molar-refractivity contribution in [2.45, 2.75) is 51.5 Å². The first-order valence-corrected chi connectivity index (χ1v) is 9.54. The minimum atomic E-state index is -0.215. The molecule has 2 saturated heterocycles. The zero-order chi connectivity index (χ0) is 18.3. The molecule has 2 amide bonds. The van der Waals surface area contributed by atoms with Crippen molar-refractivity contribution in [2.75, 3.05) is 19.6 Å². The molecule has 140 valence electrons. The molecule has 0 spiro atoms. The van der Waals surface area contributed by atoms with Crippen LogP contribution in [-0.2, 0) is 16.0 Å². The maximum absolute atomic E-state index is 12.6. The van der Waals surface area contributed by atoms with Gasteiger partial charge in [0.2, 0.25) is 11.8 Å². The molecule has 0 bridgehead atoms. The molecular formula is C19H26N4O3. The van der Waals surface area contributed by atoms with E-state index in [2.05, 4.69) is 16.3 Å². The Kier molecular flexibility index (Phi) is 4.46. The Morgan fingerprint density at radius 3 is 2.69 bits per heavy atom. The van der Waals surface area contributed by atoms with Crippen molar-refractivity contribution < 1.29 is 9.59 Å². The lowest BCUT2D eigenvalue weighted by Gasteiger charge is -2.53. The molecule has 1 aromatic rings. The predicted octanol–water partition coefficient (Wildman–Crippen LogP) is 1.11. The highest BCUT2D eigenvalue weighted by Gasteiger charge is 2.45. The summed E-state index contributed by atoms with van der Waals surface area (Å²) in [5, 5.41) is 5.28. The maximum Gasteiger partial charge on any atom is 0.267 e. The van der Waals surface area contributed by atoms with Crippen molar-refractivity contribution in [3.05, 3.63) is 33.3 Å². The van der Waals surface area contributed by atoms with E-state index in [1.165, 1.54) is 12.0 Å². The lowest BCUT2D eigenvalue weighted by molar-refractivity contribution is -0.151. The highest BCUT2D eigenvalue weighted by molar-refractivity contribution is 5.81. The van der Waals surface area contributed by atoms with E-state index in [9.17, 15) is 14.4 Å². The number of hydrogen-bond acceptors (Lipinski definition) is 3. The summed E-state index contributed by atoms with van der Waals surface area (Å²) in [6, 6.07) is 0.283. The number of carbonyl (C=O) groups excluding carboxylic acids is 2. The largest absolute Gasteiger partial charge is 0.342 e. The molecule has 3 heterocycles. The first-order valence-electron chi connectivity index (χ1n) is 9.54. The van der Waals surface area contributed by atoms with Crippen molar-refractivity contribution in [2.24, 2.45) is 5.92 Å². The summed E-state index contributed by atoms with van der Waals surface area (Å²) in [7, 11) is 0. The average Bonchev–Trinajstić information content (AvgIpc) is 3.21. The number of fused-ring (bicyclic) bond motifs is 1. The zero-order valence-corrected chi connectivity index (χ0v) is 15.2. The highest BCUT2D eigenvalue weighted by atomic mass is 16.2. The molecule has 2 atom stereocenters. The van der Waals surface area contributed by atoms with Crippen LogP contribution in [0.5, 0.6) is 0 Å². The molecule has 2 fully saturated rings. The third-order valence-electron chi connectivity index (χ3n) is 6.13. The molecule has 7 nitrogen and oxygen atoms in total. The third-order valence-corrected chi connectivity index (χ3v) is 6.13. The Bertz CT molecular complexity index is 806. The molecular weight excluding hydrogens is 332 g/mol. The first kappa shape index (κ1) is 17.1. The van der Waals surface area contributed by atoms with Crippen molar-refractivity contribution in [3.63, 3.8) is 0 Å². The predicted molar refractivity (Wildman–Crippen MR) is 96.6 cm³/mol. The van der Waals surface area contributed by atoms with E-state index < -0.39 is 0 Å². The second-order valence-electron chi connectivity index (χ2n) is 7.79. The minimum absolute atomic E-state index is 0.00228. The van der Waals surface area contributed by atoms with Gasteiger partial charge in [-0.2, -0.15) is 0 Å². The van der Waals surface area contributed by atoms with Gasteiger partial charge in [0.25, 0.3) is 5.56 Å². The molecule has 26 heavy (non-hydrogen) atoms. The van der Waals surface area contributed by atoms with Gasteiger partial charge in [0.05, 0.1) is 6.42 Å². The van der Waals surface area contributed by atoms with Gasteiger partial charge in [0, 0.05) is 49.3 Å². The van der Waals surface area contributed by atoms with E-state index in [0.29, 0.717) is 31.0 Å². The number of carbonyl (C=O) groups is 2. The van der Waals surface area contributed by atoms with Crippen LogP contribution >= 0.6 is 0 Å². The van der Waals surface area contributed by atoms with Gasteiger partial charge in [0.1, 0.15) is 0 Å². The molecule has 2 aliphatic heterocycles. The molecule has 1 aliphatic carbocycles. The normalized spacial score (nSPS) is 24.9. The molecule has 0 aromatic carbocycles. The van der Waals surface area contributed by atoms with Crippen LogP contribution in [0.3, 0.4) is 0 Å². The summed E-state index contributed by atoms with van der Waals surface area (Å²) < 4.78 is 0. The minimum Gasteiger partial charge on any atom is -0.342 e. The summed E-state index contributed by atoms with van der Waals surface area (Å²) in [5.41, 5.74) is 2.32. The van der Waals surface area contributed by atoms with Gasteiger partial charge in [-0.05, 0) is 32.6 Å². The number of piperidine rings is 1. The van der Waals surface area contributed by atoms with E-state index in [1.54, 1.807) is 6.92 Å². The molecule has 0 radical (unpaired) electrons. The van der Waals surface area contributed by atoms with Gasteiger partial charge in [0.15, 0.2) is 0 Å². The zero-order valence-electron chi connectivity index (χ0n) is 15.2. The third kappa shape index (κ3) is 3.10. The van der Waals surface area contributed by atoms with Gasteiger partial charge in [-0.1, -0.05) is 11.6 Å². The average molecular weight is 358 g/mol. The number of aromatic amines is 2. The summed E-state index contributed by atoms with van der Waals surface area (Å²) >= 11 is 0. The number of hydrogen-bond donors (Lipinski definition) is 2. The first-order chi connectivity index (χ1) is 12.5. The number of amides is 2. The molecule has 0 unspecified atom stereocenters. The monoisotopic (exact) mass is 358 g/mol. The molecule has 1 aromatic heterocycles. The summed E-state index contributed by atoms with van der Waals surface area (Å²) in [6.07, 6.45) is 7.10. The van der Waals surface area contributed by atoms with E-state index in [-0.39, 0.29) is 29.8 Å². The van der Waals surface area contributed by atoms with Crippen LogP contribution < -0.4 is 5.56 Å². The molecule has 7 heteroatoms. The summed E-state index contributed by atoms with van der Waals surface area (Å²) in [5.74, 6) is 0.617. The lowest BCUT2D eigenvalue weighted by atomic mass is 9.82. The maximum atomic E-state index is 12.6. The number of aryl methyl sites for hydroxylation is 1. The second kappa shape index (κ2) is 6.78. The quantitative estimate of drug-likeness (QED) is 0.790. The van der Waals surface area contributed by atoms with Crippen molar-refractivity contribution in [3.8, 4) is 0 Å². The molecule has 4 rings (SSSR count). The topological polar surface area (TPSA) is 89.3 Å². The van der Waals surface area contributed by atoms with Crippen LogP contribution in [0.4, 0.5) is 0 Å². The number of H-pyrrole nitrogens is 2. The van der Waals surface area contributed by atoms with Gasteiger partial charge in [-0.15, -0.1) is 0 Å². The van der Waals surface area contributed by atoms with Crippen molar-refractivity contribution >= 4 is 11.8 Å². The number of likely N-dealkylation sites (tertiary alicyclic amines) is 2. The van der Waals surface area contributed by atoms with E-state index >= 15 is 0 Å². The Morgan fingerprint density at radius 1 is 1.19 bits per heavy atom. The van der Waals surface area contributed by atoms with Crippen molar-refractivity contribution in [1.82, 2.24) is 20.0 Å². The van der Waals surface area contributed by atoms with E-state index in [4.69, 9.17) is 0 Å². The number of nitrogens with zero attached hydrogens (tertiary/aromatic N) is 2. The van der Waals surface area contributed by atoms with Crippen LogP contribution in [0.25, 0.3) is 0 Å². The fraction of sp³-hybridized carbons (Fsp3) is 0.632. The fourth-order valence-corrected chi connectivity index (χ4v) is 4.51. The molecule has 2 N–H and O–H groups in total. The molecule has 3 aliphatic rings. The van der Waals surface area contributed by atoms with Crippen LogP contribution in [-0.4, -0.2) is 57.5 Å². The fourth-order valence-electron chi connectivity index (χ4n) is 4.51. The van der Waals surface area contributed by atoms with E-state index in [1.807, 2.05) is 9.80 Å². The SMILES string of the molecule is Cc1[nH][nH]c(=O)c1CC(=O)N1CC[C@H]2[C@@H](C1)CN2C(=O)CC1=CCCC1. The Morgan fingerprint density at radius 2 is 2.04 bits per heavy atom. The summed E-state index contributed by atoms with van der Waals surface area (Å²) in [6.45, 7) is 3.90. The van der Waals surface area contributed by atoms with Gasteiger partial charge < -0.3 is 14.9 Å². The second-order valence-corrected chi connectivity index (χ2v) is 7.79. The standard InChI is InChI=1S/C19H26N4O3/c1-12-15(19(26)21-20-12)9-17(24)22-7-6-16-14(10-22)11-23(16)18(25)8-13-4-2-3-5-13/h4,14,16H,2-3,5-11H2,1H3,(H2,20,21,26)/t14-,16-/m0/s1. The van der Waals surface area contributed by atoms with Crippen LogP contribution in [0.15, 0.2) is 16.4 Å². The van der Waals surface area contributed by atoms with Gasteiger partial charge in [-0.25, -0.2) is 0 Å². The smallest absolute Gasteiger partial charge is 0.267 e. The number of allylic oxidation sites excluding steroid dienone is 1. The number of nitrogens with one attached hydrogen (secondary N) is 2. The van der Waals surface area contributed by atoms with Crippen molar-refractivity contribution in [1.29, 1.82) is 0 Å². The lowest BCUT2D eigenvalue weighted by Crippen LogP contribution is -2.65. The molecule has 0 saturated carbocycles. The number of aromatic nitrogens is 2. The Labute approximate surface area is 152 Å². The van der Waals surface area contributed by atoms with Gasteiger partial charge >= 0.3 is 0 Å². The highest BCUT2D eigenvalue weighted by Crippen LogP contribution is 2.34. The number of rotatable bonds is 4. The van der Waals surface area contributed by atoms with Crippen LogP contribution in [0.2, 0.25) is 0 Å². The van der Waals surface area contributed by atoms with Gasteiger partial charge in [-0.3, -0.25) is 19.5 Å². The Balaban J connectivity index is 1.30. The van der Waals surface area contributed by atoms with Crippen LogP contribution in [0, 0.1) is 12.8 Å². The van der Waals surface area contributed by atoms with Crippen LogP contribution in [0.1, 0.15) is 43.4 Å². The van der Waals surface area contributed by atoms with E-state index in [0.717, 1.165) is 31.5 Å².